The normalized spacial score (nSPS) is 18.8. The van der Waals surface area contributed by atoms with E-state index in [2.05, 4.69) is 14.9 Å². The fourth-order valence-corrected chi connectivity index (χ4v) is 3.90. The van der Waals surface area contributed by atoms with E-state index in [0.29, 0.717) is 16.1 Å². The van der Waals surface area contributed by atoms with Crippen molar-refractivity contribution in [2.24, 2.45) is 0 Å². The van der Waals surface area contributed by atoms with Crippen LogP contribution in [0.15, 0.2) is 11.2 Å². The second-order valence-electron chi connectivity index (χ2n) is 5.76. The molecule has 2 aliphatic rings. The Balaban J connectivity index is 1.60. The lowest BCUT2D eigenvalue weighted by atomic mass is 10.1. The van der Waals surface area contributed by atoms with E-state index >= 15 is 0 Å². The average molecular weight is 341 g/mol. The molecular weight excluding hydrogens is 320 g/mol. The predicted octanol–water partition coefficient (Wildman–Crippen LogP) is 2.83. The second-order valence-corrected chi connectivity index (χ2v) is 7.09. The molecule has 2 fully saturated rings. The van der Waals surface area contributed by atoms with E-state index in [-0.39, 0.29) is 5.91 Å². The van der Waals surface area contributed by atoms with Gasteiger partial charge < -0.3 is 9.80 Å². The number of thioether (sulfide) groups is 1. The van der Waals surface area contributed by atoms with Crippen LogP contribution in [0.3, 0.4) is 0 Å². The molecule has 1 aromatic heterocycles. The summed E-state index contributed by atoms with van der Waals surface area (Å²) in [6.45, 7) is 3.80. The molecule has 1 amide bonds. The predicted molar refractivity (Wildman–Crippen MR) is 89.6 cm³/mol. The molecule has 0 N–H and O–H groups in total. The molecule has 7 heteroatoms. The van der Waals surface area contributed by atoms with Gasteiger partial charge in [-0.05, 0) is 32.1 Å². The molecule has 0 aromatic carbocycles. The third-order valence-electron chi connectivity index (χ3n) is 4.12. The maximum atomic E-state index is 12.2. The van der Waals surface area contributed by atoms with Crippen molar-refractivity contribution in [3.8, 4) is 0 Å². The molecule has 1 aromatic rings. The third-order valence-corrected chi connectivity index (χ3v) is 5.15. The third kappa shape index (κ3) is 4.04. The van der Waals surface area contributed by atoms with Crippen molar-refractivity contribution >= 4 is 35.1 Å². The SMILES string of the molecule is O=C(CSc1nc(Cl)cc(N2CCCC2)n1)N1CCCCC1. The molecular formula is C15H21ClN4OS. The van der Waals surface area contributed by atoms with E-state index in [1.807, 2.05) is 11.0 Å². The summed E-state index contributed by atoms with van der Waals surface area (Å²) in [7, 11) is 0. The number of carbonyl (C=O) groups is 1. The van der Waals surface area contributed by atoms with Gasteiger partial charge in [-0.2, -0.15) is 0 Å². The summed E-state index contributed by atoms with van der Waals surface area (Å²) in [5, 5.41) is 1.05. The fraction of sp³-hybridized carbons (Fsp3) is 0.667. The minimum Gasteiger partial charge on any atom is -0.356 e. The molecule has 0 radical (unpaired) electrons. The number of likely N-dealkylation sites (tertiary alicyclic amines) is 1. The zero-order valence-corrected chi connectivity index (χ0v) is 14.2. The molecule has 3 heterocycles. The van der Waals surface area contributed by atoms with Gasteiger partial charge in [-0.15, -0.1) is 0 Å². The van der Waals surface area contributed by atoms with Crippen LogP contribution in [0, 0.1) is 0 Å². The Morgan fingerprint density at radius 2 is 1.77 bits per heavy atom. The van der Waals surface area contributed by atoms with Gasteiger partial charge in [0.25, 0.3) is 0 Å². The fourth-order valence-electron chi connectivity index (χ4n) is 2.92. The van der Waals surface area contributed by atoms with E-state index in [0.717, 1.165) is 44.8 Å². The Morgan fingerprint density at radius 3 is 2.50 bits per heavy atom. The number of anilines is 1. The molecule has 3 rings (SSSR count). The number of hydrogen-bond donors (Lipinski definition) is 0. The van der Waals surface area contributed by atoms with E-state index in [9.17, 15) is 4.79 Å². The standard InChI is InChI=1S/C15H21ClN4OS/c16-12-10-13(19-6-4-5-7-19)18-15(17-12)22-11-14(21)20-8-2-1-3-9-20/h10H,1-9,11H2. The highest BCUT2D eigenvalue weighted by Crippen LogP contribution is 2.24. The molecule has 0 atom stereocenters. The highest BCUT2D eigenvalue weighted by Gasteiger charge is 2.19. The number of aromatic nitrogens is 2. The first kappa shape index (κ1) is 15.9. The summed E-state index contributed by atoms with van der Waals surface area (Å²) in [4.78, 5) is 25.2. The maximum absolute atomic E-state index is 12.2. The summed E-state index contributed by atoms with van der Waals surface area (Å²) in [5.74, 6) is 1.45. The summed E-state index contributed by atoms with van der Waals surface area (Å²) in [6.07, 6.45) is 5.84. The van der Waals surface area contributed by atoms with Crippen molar-refractivity contribution in [2.45, 2.75) is 37.3 Å². The van der Waals surface area contributed by atoms with Gasteiger partial charge in [-0.3, -0.25) is 4.79 Å². The van der Waals surface area contributed by atoms with Crippen LogP contribution in [0.5, 0.6) is 0 Å². The van der Waals surface area contributed by atoms with Gasteiger partial charge in [0.2, 0.25) is 5.91 Å². The smallest absolute Gasteiger partial charge is 0.233 e. The lowest BCUT2D eigenvalue weighted by molar-refractivity contribution is -0.129. The van der Waals surface area contributed by atoms with Crippen molar-refractivity contribution < 1.29 is 4.79 Å². The average Bonchev–Trinajstić information content (AvgIpc) is 3.07. The van der Waals surface area contributed by atoms with Crippen LogP contribution >= 0.6 is 23.4 Å². The Hall–Kier alpha value is -1.01. The minimum absolute atomic E-state index is 0.177. The molecule has 0 bridgehead atoms. The van der Waals surface area contributed by atoms with Crippen molar-refractivity contribution in [1.29, 1.82) is 0 Å². The summed E-state index contributed by atoms with van der Waals surface area (Å²) < 4.78 is 0. The highest BCUT2D eigenvalue weighted by atomic mass is 35.5. The largest absolute Gasteiger partial charge is 0.356 e. The summed E-state index contributed by atoms with van der Waals surface area (Å²) in [6, 6.07) is 1.81. The molecule has 2 aliphatic heterocycles. The number of halogens is 1. The zero-order chi connectivity index (χ0) is 15.4. The first-order valence-corrected chi connectivity index (χ1v) is 9.29. The first-order valence-electron chi connectivity index (χ1n) is 7.92. The number of nitrogens with zero attached hydrogens (tertiary/aromatic N) is 4. The maximum Gasteiger partial charge on any atom is 0.233 e. The first-order chi connectivity index (χ1) is 10.7. The van der Waals surface area contributed by atoms with Crippen LogP contribution in [-0.2, 0) is 4.79 Å². The molecule has 0 unspecified atom stereocenters. The number of piperidine rings is 1. The molecule has 0 aliphatic carbocycles. The van der Waals surface area contributed by atoms with E-state index < -0.39 is 0 Å². The van der Waals surface area contributed by atoms with Gasteiger partial charge in [0.1, 0.15) is 11.0 Å². The van der Waals surface area contributed by atoms with Gasteiger partial charge in [0.05, 0.1) is 5.75 Å². The number of rotatable bonds is 4. The van der Waals surface area contributed by atoms with Crippen molar-refractivity contribution in [1.82, 2.24) is 14.9 Å². The topological polar surface area (TPSA) is 49.3 Å². The van der Waals surface area contributed by atoms with E-state index in [1.54, 1.807) is 0 Å². The number of amides is 1. The lowest BCUT2D eigenvalue weighted by Gasteiger charge is -2.26. The van der Waals surface area contributed by atoms with Crippen LogP contribution in [0.4, 0.5) is 5.82 Å². The number of carbonyl (C=O) groups excluding carboxylic acids is 1. The van der Waals surface area contributed by atoms with Gasteiger partial charge in [0.15, 0.2) is 5.16 Å². The van der Waals surface area contributed by atoms with Crippen LogP contribution in [0.1, 0.15) is 32.1 Å². The molecule has 0 saturated carbocycles. The Morgan fingerprint density at radius 1 is 1.09 bits per heavy atom. The van der Waals surface area contributed by atoms with Gasteiger partial charge in [-0.1, -0.05) is 23.4 Å². The second kappa shape index (κ2) is 7.51. The number of hydrogen-bond acceptors (Lipinski definition) is 5. The van der Waals surface area contributed by atoms with E-state index in [1.165, 1.54) is 31.0 Å². The molecule has 22 heavy (non-hydrogen) atoms. The van der Waals surface area contributed by atoms with Crippen LogP contribution in [-0.4, -0.2) is 52.7 Å². The van der Waals surface area contributed by atoms with Crippen molar-refractivity contribution in [3.63, 3.8) is 0 Å². The Labute approximate surface area is 140 Å². The van der Waals surface area contributed by atoms with Gasteiger partial charge in [0, 0.05) is 32.2 Å². The monoisotopic (exact) mass is 340 g/mol. The van der Waals surface area contributed by atoms with Crippen LogP contribution < -0.4 is 4.90 Å². The lowest BCUT2D eigenvalue weighted by Crippen LogP contribution is -2.36. The van der Waals surface area contributed by atoms with Gasteiger partial charge >= 0.3 is 0 Å². The van der Waals surface area contributed by atoms with Crippen molar-refractivity contribution in [2.75, 3.05) is 36.8 Å². The Bertz CT molecular complexity index is 530. The quantitative estimate of drug-likeness (QED) is 0.479. The minimum atomic E-state index is 0.177. The Kier molecular flexibility index (Phi) is 5.41. The molecule has 5 nitrogen and oxygen atoms in total. The molecule has 0 spiro atoms. The highest BCUT2D eigenvalue weighted by molar-refractivity contribution is 7.99. The van der Waals surface area contributed by atoms with Crippen molar-refractivity contribution in [3.05, 3.63) is 11.2 Å². The molecule has 2 saturated heterocycles. The van der Waals surface area contributed by atoms with Crippen LogP contribution in [0.25, 0.3) is 0 Å². The van der Waals surface area contributed by atoms with E-state index in [4.69, 9.17) is 11.6 Å². The van der Waals surface area contributed by atoms with Crippen LogP contribution in [0.2, 0.25) is 5.15 Å². The zero-order valence-electron chi connectivity index (χ0n) is 12.6. The van der Waals surface area contributed by atoms with Gasteiger partial charge in [-0.25, -0.2) is 9.97 Å². The summed E-state index contributed by atoms with van der Waals surface area (Å²) >= 11 is 7.49. The summed E-state index contributed by atoms with van der Waals surface area (Å²) in [5.41, 5.74) is 0. The molecule has 120 valence electrons.